The summed E-state index contributed by atoms with van der Waals surface area (Å²) in [5, 5.41) is 2.81. The minimum Gasteiger partial charge on any atom is -0.352 e. The lowest BCUT2D eigenvalue weighted by Crippen LogP contribution is -2.55. The number of carbonyl (C=O) groups excluding carboxylic acids is 2. The van der Waals surface area contributed by atoms with Gasteiger partial charge in [-0.3, -0.25) is 9.59 Å². The second-order valence-corrected chi connectivity index (χ2v) is 8.24. The summed E-state index contributed by atoms with van der Waals surface area (Å²) < 4.78 is 25.3. The standard InChI is InChI=1S/C14H27N3O4S/c1-9(2)12(16-22(5,20)21)14(19)17-8-6-7-11(17)13(18)15-10(3)4/h9-12,16H,6-8H2,1-5H3,(H,15,18). The Morgan fingerprint density at radius 2 is 1.77 bits per heavy atom. The first-order valence-electron chi connectivity index (χ1n) is 7.61. The fourth-order valence-corrected chi connectivity index (χ4v) is 3.40. The van der Waals surface area contributed by atoms with Gasteiger partial charge in [0.1, 0.15) is 12.1 Å². The molecule has 2 N–H and O–H groups in total. The van der Waals surface area contributed by atoms with Gasteiger partial charge in [-0.05, 0) is 32.6 Å². The van der Waals surface area contributed by atoms with Gasteiger partial charge in [0, 0.05) is 12.6 Å². The van der Waals surface area contributed by atoms with Crippen molar-refractivity contribution >= 4 is 21.8 Å². The molecule has 1 heterocycles. The fourth-order valence-electron chi connectivity index (χ4n) is 2.56. The van der Waals surface area contributed by atoms with E-state index in [1.54, 1.807) is 13.8 Å². The van der Waals surface area contributed by atoms with Crippen LogP contribution >= 0.6 is 0 Å². The van der Waals surface area contributed by atoms with Gasteiger partial charge in [-0.15, -0.1) is 0 Å². The molecule has 0 spiro atoms. The highest BCUT2D eigenvalue weighted by Crippen LogP contribution is 2.20. The first-order valence-corrected chi connectivity index (χ1v) is 9.50. The third kappa shape index (κ3) is 5.24. The summed E-state index contributed by atoms with van der Waals surface area (Å²) in [6, 6.07) is -1.36. The van der Waals surface area contributed by atoms with Crippen molar-refractivity contribution in [2.45, 2.75) is 58.7 Å². The molecule has 0 bridgehead atoms. The van der Waals surface area contributed by atoms with Gasteiger partial charge in [0.05, 0.1) is 6.26 Å². The normalized spacial score (nSPS) is 20.5. The van der Waals surface area contributed by atoms with Crippen LogP contribution in [0.2, 0.25) is 0 Å². The molecule has 1 fully saturated rings. The Morgan fingerprint density at radius 3 is 2.23 bits per heavy atom. The number of carbonyl (C=O) groups is 2. The summed E-state index contributed by atoms with van der Waals surface area (Å²) in [5.74, 6) is -0.707. The van der Waals surface area contributed by atoms with Crippen molar-refractivity contribution in [2.24, 2.45) is 5.92 Å². The van der Waals surface area contributed by atoms with Crippen LogP contribution in [0.5, 0.6) is 0 Å². The highest BCUT2D eigenvalue weighted by molar-refractivity contribution is 7.88. The molecule has 22 heavy (non-hydrogen) atoms. The maximum atomic E-state index is 12.7. The molecule has 2 amide bonds. The lowest BCUT2D eigenvalue weighted by atomic mass is 10.0. The molecule has 2 unspecified atom stereocenters. The van der Waals surface area contributed by atoms with E-state index in [9.17, 15) is 18.0 Å². The predicted molar refractivity (Wildman–Crippen MR) is 84.6 cm³/mol. The van der Waals surface area contributed by atoms with Crippen LogP contribution in [0.25, 0.3) is 0 Å². The third-order valence-corrected chi connectivity index (χ3v) is 4.23. The van der Waals surface area contributed by atoms with Gasteiger partial charge in [-0.25, -0.2) is 13.1 Å². The number of hydrogen-bond acceptors (Lipinski definition) is 4. The largest absolute Gasteiger partial charge is 0.352 e. The molecular formula is C14H27N3O4S. The SMILES string of the molecule is CC(C)NC(=O)C1CCCN1C(=O)C(NS(C)(=O)=O)C(C)C. The number of hydrogen-bond donors (Lipinski definition) is 2. The van der Waals surface area contributed by atoms with Gasteiger partial charge in [-0.2, -0.15) is 0 Å². The molecule has 1 aliphatic heterocycles. The predicted octanol–water partition coefficient (Wildman–Crippen LogP) is 0.0758. The molecule has 7 nitrogen and oxygen atoms in total. The number of rotatable bonds is 6. The zero-order chi connectivity index (χ0) is 17.1. The van der Waals surface area contributed by atoms with E-state index in [0.29, 0.717) is 13.0 Å². The lowest BCUT2D eigenvalue weighted by molar-refractivity contribution is -0.140. The summed E-state index contributed by atoms with van der Waals surface area (Å²) in [5.41, 5.74) is 0. The first-order chi connectivity index (χ1) is 10.0. The number of likely N-dealkylation sites (tertiary alicyclic amines) is 1. The molecule has 0 aromatic heterocycles. The van der Waals surface area contributed by atoms with E-state index in [1.807, 2.05) is 13.8 Å². The van der Waals surface area contributed by atoms with Crippen molar-refractivity contribution in [3.8, 4) is 0 Å². The zero-order valence-electron chi connectivity index (χ0n) is 13.9. The van der Waals surface area contributed by atoms with Crippen LogP contribution in [0.4, 0.5) is 0 Å². The van der Waals surface area contributed by atoms with E-state index in [0.717, 1.165) is 12.7 Å². The van der Waals surface area contributed by atoms with Gasteiger partial charge in [0.25, 0.3) is 0 Å². The fraction of sp³-hybridized carbons (Fsp3) is 0.857. The maximum absolute atomic E-state index is 12.7. The van der Waals surface area contributed by atoms with Gasteiger partial charge < -0.3 is 10.2 Å². The molecule has 0 radical (unpaired) electrons. The van der Waals surface area contributed by atoms with Gasteiger partial charge in [-0.1, -0.05) is 13.8 Å². The topological polar surface area (TPSA) is 95.6 Å². The Labute approximate surface area is 132 Å². The highest BCUT2D eigenvalue weighted by atomic mass is 32.2. The Bertz CT molecular complexity index is 516. The molecule has 0 saturated carbocycles. The smallest absolute Gasteiger partial charge is 0.243 e. The second-order valence-electron chi connectivity index (χ2n) is 6.46. The average Bonchev–Trinajstić information content (AvgIpc) is 2.82. The third-order valence-electron chi connectivity index (χ3n) is 3.54. The van der Waals surface area contributed by atoms with Crippen molar-refractivity contribution in [2.75, 3.05) is 12.8 Å². The lowest BCUT2D eigenvalue weighted by Gasteiger charge is -2.30. The van der Waals surface area contributed by atoms with Crippen molar-refractivity contribution in [1.29, 1.82) is 0 Å². The minimum absolute atomic E-state index is 0.0000855. The average molecular weight is 333 g/mol. The molecule has 8 heteroatoms. The summed E-state index contributed by atoms with van der Waals surface area (Å²) >= 11 is 0. The van der Waals surface area contributed by atoms with E-state index in [2.05, 4.69) is 10.0 Å². The highest BCUT2D eigenvalue weighted by Gasteiger charge is 2.38. The van der Waals surface area contributed by atoms with Crippen LogP contribution in [0.1, 0.15) is 40.5 Å². The van der Waals surface area contributed by atoms with Crippen LogP contribution in [-0.2, 0) is 19.6 Å². The van der Waals surface area contributed by atoms with Crippen LogP contribution in [-0.4, -0.2) is 56.1 Å². The Kier molecular flexibility index (Phi) is 6.37. The van der Waals surface area contributed by atoms with Gasteiger partial charge in [0.2, 0.25) is 21.8 Å². The zero-order valence-corrected chi connectivity index (χ0v) is 14.7. The van der Waals surface area contributed by atoms with E-state index in [-0.39, 0.29) is 23.8 Å². The van der Waals surface area contributed by atoms with Gasteiger partial charge in [0.15, 0.2) is 0 Å². The molecule has 1 rings (SSSR count). The molecule has 1 saturated heterocycles. The number of nitrogens with zero attached hydrogens (tertiary/aromatic N) is 1. The Balaban J connectivity index is 2.90. The van der Waals surface area contributed by atoms with Crippen LogP contribution in [0.15, 0.2) is 0 Å². The summed E-state index contributed by atoms with van der Waals surface area (Å²) in [6.07, 6.45) is 2.38. The van der Waals surface area contributed by atoms with Crippen molar-refractivity contribution in [1.82, 2.24) is 14.9 Å². The van der Waals surface area contributed by atoms with E-state index in [1.165, 1.54) is 4.90 Å². The minimum atomic E-state index is -3.50. The number of amides is 2. The molecule has 2 atom stereocenters. The molecule has 1 aliphatic rings. The molecule has 0 aliphatic carbocycles. The summed E-state index contributed by atoms with van der Waals surface area (Å²) in [4.78, 5) is 26.4. The summed E-state index contributed by atoms with van der Waals surface area (Å²) in [6.45, 7) is 7.76. The van der Waals surface area contributed by atoms with Crippen molar-refractivity contribution in [3.63, 3.8) is 0 Å². The Morgan fingerprint density at radius 1 is 1.18 bits per heavy atom. The maximum Gasteiger partial charge on any atom is 0.243 e. The van der Waals surface area contributed by atoms with E-state index < -0.39 is 22.1 Å². The van der Waals surface area contributed by atoms with Crippen molar-refractivity contribution in [3.05, 3.63) is 0 Å². The van der Waals surface area contributed by atoms with Crippen LogP contribution in [0, 0.1) is 5.92 Å². The monoisotopic (exact) mass is 333 g/mol. The number of sulfonamides is 1. The number of nitrogens with one attached hydrogen (secondary N) is 2. The molecule has 0 aromatic rings. The second kappa shape index (κ2) is 7.41. The molecular weight excluding hydrogens is 306 g/mol. The summed E-state index contributed by atoms with van der Waals surface area (Å²) in [7, 11) is -3.50. The molecule has 0 aromatic carbocycles. The van der Waals surface area contributed by atoms with Crippen LogP contribution < -0.4 is 10.0 Å². The first kappa shape index (κ1) is 18.9. The van der Waals surface area contributed by atoms with E-state index >= 15 is 0 Å². The van der Waals surface area contributed by atoms with Crippen LogP contribution in [0.3, 0.4) is 0 Å². The Hall–Kier alpha value is -1.15. The quantitative estimate of drug-likeness (QED) is 0.719. The van der Waals surface area contributed by atoms with Gasteiger partial charge >= 0.3 is 0 Å². The molecule has 128 valence electrons. The van der Waals surface area contributed by atoms with Crippen molar-refractivity contribution < 1.29 is 18.0 Å². The van der Waals surface area contributed by atoms with E-state index in [4.69, 9.17) is 0 Å².